The molecule has 0 spiro atoms. The Balaban J connectivity index is 0.00000133. The Bertz CT molecular complexity index is 1310. The van der Waals surface area contributed by atoms with Gasteiger partial charge in [0.25, 0.3) is 0 Å². The van der Waals surface area contributed by atoms with Crippen LogP contribution in [0, 0.1) is 17.1 Å². The van der Waals surface area contributed by atoms with Crippen LogP contribution < -0.4 is 4.90 Å². The maximum Gasteiger partial charge on any atom is 0.148 e. The summed E-state index contributed by atoms with van der Waals surface area (Å²) in [5.74, 6) is -0.252. The maximum absolute atomic E-state index is 13.4. The number of benzene rings is 1. The van der Waals surface area contributed by atoms with Crippen molar-refractivity contribution in [3.8, 4) is 17.3 Å². The molecule has 3 aromatic heterocycles. The molecule has 0 bridgehead atoms. The summed E-state index contributed by atoms with van der Waals surface area (Å²) in [5, 5.41) is 13.9. The molecule has 0 saturated carbocycles. The number of aromatic nitrogens is 4. The van der Waals surface area contributed by atoms with E-state index in [1.54, 1.807) is 10.7 Å². The van der Waals surface area contributed by atoms with Crippen molar-refractivity contribution in [2.75, 3.05) is 31.1 Å². The van der Waals surface area contributed by atoms with Crippen LogP contribution in [0.15, 0.2) is 55.0 Å². The second kappa shape index (κ2) is 10.6. The molecular formula is C25H25ClFN7. The Labute approximate surface area is 203 Å². The van der Waals surface area contributed by atoms with Crippen molar-refractivity contribution >= 4 is 22.8 Å². The van der Waals surface area contributed by atoms with Crippen molar-refractivity contribution in [3.05, 3.63) is 77.2 Å². The van der Waals surface area contributed by atoms with E-state index in [2.05, 4.69) is 43.1 Å². The molecule has 1 aromatic carbocycles. The highest BCUT2D eigenvalue weighted by Gasteiger charge is 2.19. The van der Waals surface area contributed by atoms with Gasteiger partial charge in [0.05, 0.1) is 23.8 Å². The van der Waals surface area contributed by atoms with Crippen molar-refractivity contribution < 1.29 is 4.39 Å². The van der Waals surface area contributed by atoms with Gasteiger partial charge in [-0.3, -0.25) is 9.88 Å². The van der Waals surface area contributed by atoms with E-state index in [-0.39, 0.29) is 5.82 Å². The topological polar surface area (TPSA) is 73.4 Å². The number of hydrogen-bond acceptors (Lipinski definition) is 6. The van der Waals surface area contributed by atoms with Crippen LogP contribution in [0.1, 0.15) is 25.1 Å². The number of rotatable bonds is 4. The number of hydrogen-bond donors (Lipinski definition) is 0. The molecule has 1 fully saturated rings. The normalized spacial score (nSPS) is 13.9. The summed E-state index contributed by atoms with van der Waals surface area (Å²) >= 11 is 6.17. The quantitative estimate of drug-likeness (QED) is 0.420. The summed E-state index contributed by atoms with van der Waals surface area (Å²) in [5.41, 5.74) is 4.46. The minimum absolute atomic E-state index is 0.252. The number of nitriles is 1. The van der Waals surface area contributed by atoms with E-state index in [1.807, 2.05) is 26.0 Å². The van der Waals surface area contributed by atoms with Crippen LogP contribution >= 0.6 is 11.6 Å². The summed E-state index contributed by atoms with van der Waals surface area (Å²) in [6.45, 7) is 8.13. The van der Waals surface area contributed by atoms with Crippen molar-refractivity contribution in [1.29, 1.82) is 5.26 Å². The van der Waals surface area contributed by atoms with E-state index < -0.39 is 0 Å². The number of piperazine rings is 1. The van der Waals surface area contributed by atoms with Crippen molar-refractivity contribution in [3.63, 3.8) is 0 Å². The molecule has 0 N–H and O–H groups in total. The van der Waals surface area contributed by atoms with E-state index in [0.717, 1.165) is 43.1 Å². The van der Waals surface area contributed by atoms with Crippen molar-refractivity contribution in [2.45, 2.75) is 20.4 Å². The Hall–Kier alpha value is -3.54. The number of anilines is 1. The lowest BCUT2D eigenvalue weighted by Crippen LogP contribution is -2.46. The lowest BCUT2D eigenvalue weighted by molar-refractivity contribution is 0.247. The van der Waals surface area contributed by atoms with Crippen LogP contribution in [0.3, 0.4) is 0 Å². The highest BCUT2D eigenvalue weighted by atomic mass is 35.5. The average molecular weight is 478 g/mol. The van der Waals surface area contributed by atoms with Gasteiger partial charge in [-0.1, -0.05) is 37.6 Å². The summed E-state index contributed by atoms with van der Waals surface area (Å²) in [6.07, 6.45) is 4.62. The molecule has 0 aliphatic carbocycles. The van der Waals surface area contributed by atoms with Gasteiger partial charge in [0.2, 0.25) is 0 Å². The number of pyridine rings is 1. The van der Waals surface area contributed by atoms with E-state index in [0.29, 0.717) is 28.5 Å². The Morgan fingerprint density at radius 2 is 1.82 bits per heavy atom. The van der Waals surface area contributed by atoms with Crippen LogP contribution in [0.5, 0.6) is 0 Å². The zero-order valence-electron chi connectivity index (χ0n) is 19.1. The molecular weight excluding hydrogens is 453 g/mol. The molecule has 0 radical (unpaired) electrons. The Morgan fingerprint density at radius 3 is 2.50 bits per heavy atom. The summed E-state index contributed by atoms with van der Waals surface area (Å²) in [6, 6.07) is 13.1. The number of fused-ring (bicyclic) bond motifs is 1. The fourth-order valence-electron chi connectivity index (χ4n) is 4.03. The molecule has 7 nitrogen and oxygen atoms in total. The van der Waals surface area contributed by atoms with Crippen LogP contribution in [0.4, 0.5) is 10.1 Å². The molecule has 9 heteroatoms. The van der Waals surface area contributed by atoms with Gasteiger partial charge in [0.1, 0.15) is 28.1 Å². The summed E-state index contributed by atoms with van der Waals surface area (Å²) < 4.78 is 15.0. The largest absolute Gasteiger partial charge is 0.369 e. The zero-order valence-corrected chi connectivity index (χ0v) is 19.9. The summed E-state index contributed by atoms with van der Waals surface area (Å²) in [4.78, 5) is 13.3. The molecule has 1 saturated heterocycles. The van der Waals surface area contributed by atoms with E-state index in [4.69, 9.17) is 11.6 Å². The first kappa shape index (κ1) is 23.6. The lowest BCUT2D eigenvalue weighted by atomic mass is 10.1. The first-order chi connectivity index (χ1) is 16.6. The fourth-order valence-corrected chi connectivity index (χ4v) is 4.20. The molecule has 0 amide bonds. The fraction of sp³-hybridized carbons (Fsp3) is 0.280. The predicted octanol–water partition coefficient (Wildman–Crippen LogP) is 4.80. The first-order valence-electron chi connectivity index (χ1n) is 11.2. The number of nitrogens with zero attached hydrogens (tertiary/aromatic N) is 7. The Morgan fingerprint density at radius 1 is 1.09 bits per heavy atom. The predicted molar refractivity (Wildman–Crippen MR) is 131 cm³/mol. The Kier molecular flexibility index (Phi) is 7.36. The van der Waals surface area contributed by atoms with E-state index in [9.17, 15) is 9.65 Å². The zero-order chi connectivity index (χ0) is 24.1. The molecule has 174 valence electrons. The van der Waals surface area contributed by atoms with Crippen LogP contribution in [-0.4, -0.2) is 50.7 Å². The molecule has 1 aliphatic heterocycles. The number of halogens is 2. The van der Waals surface area contributed by atoms with Crippen LogP contribution in [0.2, 0.25) is 5.15 Å². The van der Waals surface area contributed by atoms with Gasteiger partial charge in [0, 0.05) is 50.2 Å². The standard InChI is InChI=1S/C23H19ClFN7.C2H6/c24-21-15-32-23(17(12-26)13-28-32)22(29-21)16-1-3-20(4-2-16)31-9-7-30(8-10-31)14-19-11-18(25)5-6-27-19;1-2/h1-6,11,13,15H,7-10,14H2;1-2H3. The van der Waals surface area contributed by atoms with Gasteiger partial charge in [-0.05, 0) is 24.3 Å². The SMILES string of the molecule is CC.N#Cc1cnn2cc(Cl)nc(-c3ccc(N4CCN(Cc5cc(F)ccn5)CC4)cc3)c12. The van der Waals surface area contributed by atoms with Gasteiger partial charge in [-0.15, -0.1) is 0 Å². The van der Waals surface area contributed by atoms with Crippen molar-refractivity contribution in [2.24, 2.45) is 0 Å². The average Bonchev–Trinajstić information content (AvgIpc) is 3.28. The third-order valence-corrected chi connectivity index (χ3v) is 5.81. The van der Waals surface area contributed by atoms with Gasteiger partial charge in [0.15, 0.2) is 0 Å². The lowest BCUT2D eigenvalue weighted by Gasteiger charge is -2.36. The molecule has 5 rings (SSSR count). The third-order valence-electron chi connectivity index (χ3n) is 5.63. The van der Waals surface area contributed by atoms with Gasteiger partial charge < -0.3 is 4.90 Å². The monoisotopic (exact) mass is 477 g/mol. The van der Waals surface area contributed by atoms with E-state index >= 15 is 0 Å². The molecule has 1 aliphatic rings. The molecule has 4 heterocycles. The van der Waals surface area contributed by atoms with E-state index in [1.165, 1.54) is 24.5 Å². The smallest absolute Gasteiger partial charge is 0.148 e. The molecule has 4 aromatic rings. The molecule has 0 atom stereocenters. The highest BCUT2D eigenvalue weighted by Crippen LogP contribution is 2.29. The first-order valence-corrected chi connectivity index (χ1v) is 11.6. The summed E-state index contributed by atoms with van der Waals surface area (Å²) in [7, 11) is 0. The van der Waals surface area contributed by atoms with Crippen molar-refractivity contribution in [1.82, 2.24) is 24.5 Å². The minimum atomic E-state index is -0.252. The van der Waals surface area contributed by atoms with Crippen LogP contribution in [-0.2, 0) is 6.54 Å². The van der Waals surface area contributed by atoms with Gasteiger partial charge >= 0.3 is 0 Å². The van der Waals surface area contributed by atoms with Crippen LogP contribution in [0.25, 0.3) is 16.8 Å². The second-order valence-electron chi connectivity index (χ2n) is 7.65. The second-order valence-corrected chi connectivity index (χ2v) is 8.04. The minimum Gasteiger partial charge on any atom is -0.369 e. The van der Waals surface area contributed by atoms with Gasteiger partial charge in [-0.2, -0.15) is 10.4 Å². The van der Waals surface area contributed by atoms with Gasteiger partial charge in [-0.25, -0.2) is 13.9 Å². The molecule has 0 unspecified atom stereocenters. The molecule has 34 heavy (non-hydrogen) atoms. The highest BCUT2D eigenvalue weighted by molar-refractivity contribution is 6.29. The third kappa shape index (κ3) is 5.01. The maximum atomic E-state index is 13.4.